The summed E-state index contributed by atoms with van der Waals surface area (Å²) < 4.78 is 22.6. The average Bonchev–Trinajstić information content (AvgIpc) is 2.47. The summed E-state index contributed by atoms with van der Waals surface area (Å²) >= 11 is 0. The van der Waals surface area contributed by atoms with Crippen LogP contribution >= 0.6 is 0 Å². The zero-order chi connectivity index (χ0) is 16.3. The first-order valence-corrected chi connectivity index (χ1v) is 8.03. The Balaban J connectivity index is 2.29. The molecule has 9 nitrogen and oxygen atoms in total. The number of nitriles is 1. The molecule has 1 saturated heterocycles. The summed E-state index contributed by atoms with van der Waals surface area (Å²) in [5, 5.41) is 24.9. The fourth-order valence-electron chi connectivity index (χ4n) is 2.34. The summed E-state index contributed by atoms with van der Waals surface area (Å²) in [4.78, 5) is 14.0. The van der Waals surface area contributed by atoms with Crippen molar-refractivity contribution >= 4 is 21.4 Å². The summed E-state index contributed by atoms with van der Waals surface area (Å²) in [5.41, 5.74) is 0.0641. The molecule has 1 aromatic carbocycles. The zero-order valence-electron chi connectivity index (χ0n) is 11.7. The molecule has 1 aromatic rings. The lowest BCUT2D eigenvalue weighted by Crippen LogP contribution is -2.46. The molecule has 1 aliphatic rings. The van der Waals surface area contributed by atoms with Crippen LogP contribution in [0.1, 0.15) is 0 Å². The molecule has 1 aliphatic heterocycles. The van der Waals surface area contributed by atoms with Crippen LogP contribution in [0.2, 0.25) is 0 Å². The second-order valence-corrected chi connectivity index (χ2v) is 6.44. The van der Waals surface area contributed by atoms with Gasteiger partial charge in [-0.1, -0.05) is 0 Å². The van der Waals surface area contributed by atoms with Crippen molar-refractivity contribution in [3.63, 3.8) is 0 Å². The second-order valence-electron chi connectivity index (χ2n) is 4.87. The van der Waals surface area contributed by atoms with E-state index in [2.05, 4.69) is 6.07 Å². The molecule has 0 saturated carbocycles. The van der Waals surface area contributed by atoms with E-state index in [-0.39, 0.29) is 10.6 Å². The number of piperazine rings is 1. The van der Waals surface area contributed by atoms with Crippen LogP contribution < -0.4 is 10.0 Å². The molecule has 1 fully saturated rings. The van der Waals surface area contributed by atoms with E-state index < -0.39 is 14.9 Å². The van der Waals surface area contributed by atoms with Crippen LogP contribution in [0.15, 0.2) is 23.1 Å². The van der Waals surface area contributed by atoms with Gasteiger partial charge in [-0.15, -0.1) is 0 Å². The molecule has 0 amide bonds. The standard InChI is InChI=1S/C12H15N5O4S/c13-3-4-15-5-7-16(8-6-15)11-2-1-10(22(14,20)21)9-12(11)17(18)19/h1-2,9H,4-8H2,(H2,14,20,21). The van der Waals surface area contributed by atoms with Gasteiger partial charge in [-0.3, -0.25) is 15.0 Å². The van der Waals surface area contributed by atoms with E-state index in [9.17, 15) is 18.5 Å². The maximum Gasteiger partial charge on any atom is 0.293 e. The van der Waals surface area contributed by atoms with Gasteiger partial charge in [0.25, 0.3) is 5.69 Å². The monoisotopic (exact) mass is 325 g/mol. The Labute approximate surface area is 127 Å². The summed E-state index contributed by atoms with van der Waals surface area (Å²) in [5.74, 6) is 0. The molecule has 22 heavy (non-hydrogen) atoms. The van der Waals surface area contributed by atoms with Gasteiger partial charge in [0, 0.05) is 32.2 Å². The molecule has 0 aliphatic carbocycles. The Hall–Kier alpha value is -2.22. The number of primary sulfonamides is 1. The van der Waals surface area contributed by atoms with Gasteiger partial charge in [0.05, 0.1) is 22.4 Å². The number of nitrogens with two attached hydrogens (primary N) is 1. The highest BCUT2D eigenvalue weighted by Gasteiger charge is 2.25. The molecule has 0 bridgehead atoms. The third-order valence-electron chi connectivity index (χ3n) is 3.48. The molecule has 2 N–H and O–H groups in total. The quantitative estimate of drug-likeness (QED) is 0.463. The van der Waals surface area contributed by atoms with Gasteiger partial charge in [0.2, 0.25) is 10.0 Å². The molecule has 2 rings (SSSR count). The Kier molecular flexibility index (Phi) is 4.60. The smallest absolute Gasteiger partial charge is 0.293 e. The van der Waals surface area contributed by atoms with E-state index in [1.165, 1.54) is 12.1 Å². The number of hydrogen-bond acceptors (Lipinski definition) is 7. The van der Waals surface area contributed by atoms with Crippen LogP contribution in [0.5, 0.6) is 0 Å². The highest BCUT2D eigenvalue weighted by molar-refractivity contribution is 7.89. The first kappa shape index (κ1) is 16.2. The lowest BCUT2D eigenvalue weighted by molar-refractivity contribution is -0.384. The zero-order valence-corrected chi connectivity index (χ0v) is 12.5. The maximum atomic E-state index is 11.3. The van der Waals surface area contributed by atoms with Gasteiger partial charge >= 0.3 is 0 Å². The van der Waals surface area contributed by atoms with E-state index in [4.69, 9.17) is 10.4 Å². The third kappa shape index (κ3) is 3.51. The minimum Gasteiger partial charge on any atom is -0.363 e. The number of benzene rings is 1. The van der Waals surface area contributed by atoms with Crippen molar-refractivity contribution in [2.75, 3.05) is 37.6 Å². The number of sulfonamides is 1. The fourth-order valence-corrected chi connectivity index (χ4v) is 2.87. The summed E-state index contributed by atoms with van der Waals surface area (Å²) in [7, 11) is -3.99. The molecule has 0 spiro atoms. The average molecular weight is 325 g/mol. The van der Waals surface area contributed by atoms with Crippen molar-refractivity contribution in [2.24, 2.45) is 5.14 Å². The van der Waals surface area contributed by atoms with Crippen molar-refractivity contribution in [3.05, 3.63) is 28.3 Å². The molecule has 0 aromatic heterocycles. The highest BCUT2D eigenvalue weighted by atomic mass is 32.2. The van der Waals surface area contributed by atoms with Crippen LogP contribution in [0.4, 0.5) is 11.4 Å². The van der Waals surface area contributed by atoms with Gasteiger partial charge < -0.3 is 4.90 Å². The van der Waals surface area contributed by atoms with Crippen LogP contribution in [0.25, 0.3) is 0 Å². The molecule has 118 valence electrons. The second kappa shape index (κ2) is 6.27. The van der Waals surface area contributed by atoms with E-state index in [1.807, 2.05) is 4.90 Å². The van der Waals surface area contributed by atoms with Crippen molar-refractivity contribution in [3.8, 4) is 6.07 Å². The predicted octanol–water partition coefficient (Wildman–Crippen LogP) is -0.112. The van der Waals surface area contributed by atoms with Crippen molar-refractivity contribution in [1.29, 1.82) is 5.26 Å². The topological polar surface area (TPSA) is 134 Å². The Bertz CT molecular complexity index is 720. The molecular weight excluding hydrogens is 310 g/mol. The van der Waals surface area contributed by atoms with Crippen molar-refractivity contribution in [2.45, 2.75) is 4.90 Å². The molecule has 10 heteroatoms. The van der Waals surface area contributed by atoms with Crippen LogP contribution in [-0.2, 0) is 10.0 Å². The first-order chi connectivity index (χ1) is 10.3. The molecule has 0 atom stereocenters. The maximum absolute atomic E-state index is 11.3. The number of nitro benzene ring substituents is 1. The van der Waals surface area contributed by atoms with E-state index in [0.717, 1.165) is 6.07 Å². The van der Waals surface area contributed by atoms with E-state index in [1.54, 1.807) is 4.90 Å². The number of anilines is 1. The fraction of sp³-hybridized carbons (Fsp3) is 0.417. The molecule has 0 unspecified atom stereocenters. The molecule has 1 heterocycles. The van der Waals surface area contributed by atoms with Crippen molar-refractivity contribution in [1.82, 2.24) is 4.90 Å². The summed E-state index contributed by atoms with van der Waals surface area (Å²) in [6, 6.07) is 5.71. The van der Waals surface area contributed by atoms with E-state index in [0.29, 0.717) is 38.4 Å². The van der Waals surface area contributed by atoms with Gasteiger partial charge in [-0.2, -0.15) is 5.26 Å². The minimum absolute atomic E-state index is 0.286. The SMILES string of the molecule is N#CCN1CCN(c2ccc(S(N)(=O)=O)cc2[N+](=O)[O-])CC1. The van der Waals surface area contributed by atoms with Crippen LogP contribution in [0.3, 0.4) is 0 Å². The molecule has 0 radical (unpaired) electrons. The normalized spacial score (nSPS) is 16.3. The van der Waals surface area contributed by atoms with Gasteiger partial charge in [0.1, 0.15) is 5.69 Å². The summed E-state index contributed by atoms with van der Waals surface area (Å²) in [6.45, 7) is 2.60. The van der Waals surface area contributed by atoms with E-state index >= 15 is 0 Å². The lowest BCUT2D eigenvalue weighted by atomic mass is 10.2. The number of rotatable bonds is 4. The Morgan fingerprint density at radius 1 is 1.32 bits per heavy atom. The number of nitrogens with zero attached hydrogens (tertiary/aromatic N) is 4. The Morgan fingerprint density at radius 2 is 1.95 bits per heavy atom. The first-order valence-electron chi connectivity index (χ1n) is 6.48. The van der Waals surface area contributed by atoms with Gasteiger partial charge in [-0.25, -0.2) is 13.6 Å². The molecular formula is C12H15N5O4S. The summed E-state index contributed by atoms with van der Waals surface area (Å²) in [6.07, 6.45) is 0. The predicted molar refractivity (Wildman–Crippen MR) is 78.7 cm³/mol. The number of hydrogen-bond donors (Lipinski definition) is 1. The minimum atomic E-state index is -3.99. The largest absolute Gasteiger partial charge is 0.363 e. The van der Waals surface area contributed by atoms with Crippen LogP contribution in [-0.4, -0.2) is 51.0 Å². The van der Waals surface area contributed by atoms with Crippen LogP contribution in [0, 0.1) is 21.4 Å². The van der Waals surface area contributed by atoms with Gasteiger partial charge in [0.15, 0.2) is 0 Å². The Morgan fingerprint density at radius 3 is 2.45 bits per heavy atom. The van der Waals surface area contributed by atoms with Crippen molar-refractivity contribution < 1.29 is 13.3 Å². The number of nitro groups is 1. The third-order valence-corrected chi connectivity index (χ3v) is 4.39. The lowest BCUT2D eigenvalue weighted by Gasteiger charge is -2.34. The highest BCUT2D eigenvalue weighted by Crippen LogP contribution is 2.31. The van der Waals surface area contributed by atoms with Gasteiger partial charge in [-0.05, 0) is 12.1 Å².